The van der Waals surface area contributed by atoms with Gasteiger partial charge in [0.15, 0.2) is 0 Å². The van der Waals surface area contributed by atoms with E-state index in [-0.39, 0.29) is 12.1 Å². The molecule has 2 rings (SSSR count). The largest absolute Gasteiger partial charge is 0.444 e. The molecular weight excluding hydrogens is 258 g/mol. The van der Waals surface area contributed by atoms with Crippen LogP contribution >= 0.6 is 0 Å². The monoisotopic (exact) mass is 281 g/mol. The zero-order valence-electron chi connectivity index (χ0n) is 12.4. The molecule has 1 amide bonds. The van der Waals surface area contributed by atoms with E-state index in [2.05, 4.69) is 10.5 Å². The first-order valence-corrected chi connectivity index (χ1v) is 7.05. The topological polar surface area (TPSA) is 67.6 Å². The summed E-state index contributed by atoms with van der Waals surface area (Å²) in [6.07, 6.45) is 3.43. The normalized spacial score (nSPS) is 19.9. The Kier molecular flexibility index (Phi) is 4.65. The smallest absolute Gasteiger partial charge is 0.410 e. The van der Waals surface area contributed by atoms with Crippen LogP contribution in [0.2, 0.25) is 0 Å². The molecule has 1 saturated heterocycles. The van der Waals surface area contributed by atoms with Gasteiger partial charge < -0.3 is 19.5 Å². The summed E-state index contributed by atoms with van der Waals surface area (Å²) in [6, 6.07) is 2.10. The minimum Gasteiger partial charge on any atom is -0.444 e. The summed E-state index contributed by atoms with van der Waals surface area (Å²) in [5.41, 5.74) is -0.447. The molecule has 0 bridgehead atoms. The van der Waals surface area contributed by atoms with E-state index in [4.69, 9.17) is 9.26 Å². The second kappa shape index (κ2) is 6.26. The number of hydrogen-bond donors (Lipinski definition) is 1. The van der Waals surface area contributed by atoms with Crippen LogP contribution in [0.15, 0.2) is 16.8 Å². The number of nitrogens with zero attached hydrogens (tertiary/aromatic N) is 2. The maximum atomic E-state index is 12.0. The first-order valence-electron chi connectivity index (χ1n) is 7.05. The molecule has 0 radical (unpaired) electrons. The number of aromatic nitrogens is 1. The van der Waals surface area contributed by atoms with Gasteiger partial charge in [-0.05, 0) is 33.6 Å². The van der Waals surface area contributed by atoms with Crippen molar-refractivity contribution in [2.24, 2.45) is 0 Å². The summed E-state index contributed by atoms with van der Waals surface area (Å²) in [4.78, 5) is 13.8. The van der Waals surface area contributed by atoms with Gasteiger partial charge in [0, 0.05) is 25.2 Å². The molecule has 0 aliphatic carbocycles. The van der Waals surface area contributed by atoms with Gasteiger partial charge in [-0.1, -0.05) is 5.16 Å². The molecule has 1 aromatic heterocycles. The van der Waals surface area contributed by atoms with Crippen LogP contribution < -0.4 is 5.32 Å². The highest BCUT2D eigenvalue weighted by Gasteiger charge is 2.27. The lowest BCUT2D eigenvalue weighted by Gasteiger charge is -2.34. The van der Waals surface area contributed by atoms with Gasteiger partial charge in [0.2, 0.25) is 0 Å². The molecule has 1 atom stereocenters. The Labute approximate surface area is 119 Å². The van der Waals surface area contributed by atoms with Gasteiger partial charge in [-0.15, -0.1) is 0 Å². The van der Waals surface area contributed by atoms with Crippen molar-refractivity contribution in [1.29, 1.82) is 0 Å². The average molecular weight is 281 g/mol. The van der Waals surface area contributed by atoms with Crippen molar-refractivity contribution in [3.8, 4) is 0 Å². The first kappa shape index (κ1) is 14.8. The fourth-order valence-electron chi connectivity index (χ4n) is 2.21. The molecule has 1 unspecified atom stereocenters. The minimum atomic E-state index is -0.447. The molecule has 0 saturated carbocycles. The van der Waals surface area contributed by atoms with E-state index in [1.165, 1.54) is 0 Å². The highest BCUT2D eigenvalue weighted by molar-refractivity contribution is 5.68. The molecule has 1 aliphatic heterocycles. The van der Waals surface area contributed by atoms with Crippen molar-refractivity contribution >= 4 is 6.09 Å². The van der Waals surface area contributed by atoms with Crippen LogP contribution in [0.4, 0.5) is 4.79 Å². The van der Waals surface area contributed by atoms with Crippen LogP contribution in [-0.2, 0) is 11.3 Å². The third-order valence-corrected chi connectivity index (χ3v) is 3.13. The number of piperidine rings is 1. The molecule has 20 heavy (non-hydrogen) atoms. The Morgan fingerprint density at radius 2 is 2.40 bits per heavy atom. The molecule has 112 valence electrons. The Bertz CT molecular complexity index is 425. The van der Waals surface area contributed by atoms with Crippen molar-refractivity contribution < 1.29 is 14.1 Å². The number of amides is 1. The predicted octanol–water partition coefficient (Wildman–Crippen LogP) is 2.16. The summed E-state index contributed by atoms with van der Waals surface area (Å²) in [6.45, 7) is 7.71. The molecule has 6 nitrogen and oxygen atoms in total. The van der Waals surface area contributed by atoms with Crippen molar-refractivity contribution in [3.05, 3.63) is 18.0 Å². The number of carbonyl (C=O) groups is 1. The van der Waals surface area contributed by atoms with Crippen molar-refractivity contribution in [2.45, 2.75) is 51.8 Å². The highest BCUT2D eigenvalue weighted by atomic mass is 16.6. The van der Waals surface area contributed by atoms with E-state index in [0.29, 0.717) is 13.1 Å². The van der Waals surface area contributed by atoms with E-state index < -0.39 is 5.60 Å². The number of hydrogen-bond acceptors (Lipinski definition) is 5. The third kappa shape index (κ3) is 4.52. The average Bonchev–Trinajstić information content (AvgIpc) is 2.88. The Hall–Kier alpha value is -1.56. The molecule has 1 N–H and O–H groups in total. The zero-order chi connectivity index (χ0) is 14.6. The van der Waals surface area contributed by atoms with Crippen LogP contribution in [0.1, 0.15) is 39.4 Å². The maximum absolute atomic E-state index is 12.0. The van der Waals surface area contributed by atoms with Gasteiger partial charge in [-0.3, -0.25) is 0 Å². The molecule has 2 heterocycles. The second-order valence-corrected chi connectivity index (χ2v) is 6.13. The third-order valence-electron chi connectivity index (χ3n) is 3.13. The predicted molar refractivity (Wildman–Crippen MR) is 74.2 cm³/mol. The number of likely N-dealkylation sites (tertiary alicyclic amines) is 1. The second-order valence-electron chi connectivity index (χ2n) is 6.13. The van der Waals surface area contributed by atoms with E-state index in [1.807, 2.05) is 26.8 Å². The number of nitrogens with one attached hydrogen (secondary N) is 1. The standard InChI is InChI=1S/C14H23N3O3/c1-14(2,3)19-13(18)17-8-4-5-11(10-17)15-9-12-6-7-16-20-12/h6-7,11,15H,4-5,8-10H2,1-3H3. The summed E-state index contributed by atoms with van der Waals surface area (Å²) in [7, 11) is 0. The maximum Gasteiger partial charge on any atom is 0.410 e. The summed E-state index contributed by atoms with van der Waals surface area (Å²) >= 11 is 0. The highest BCUT2D eigenvalue weighted by Crippen LogP contribution is 2.15. The first-order chi connectivity index (χ1) is 9.44. The van der Waals surface area contributed by atoms with Gasteiger partial charge in [0.05, 0.1) is 12.7 Å². The van der Waals surface area contributed by atoms with Gasteiger partial charge in [0.1, 0.15) is 11.4 Å². The lowest BCUT2D eigenvalue weighted by atomic mass is 10.1. The lowest BCUT2D eigenvalue weighted by molar-refractivity contribution is 0.0186. The fourth-order valence-corrected chi connectivity index (χ4v) is 2.21. The zero-order valence-corrected chi connectivity index (χ0v) is 12.4. The Balaban J connectivity index is 1.80. The Morgan fingerprint density at radius 3 is 3.05 bits per heavy atom. The SMILES string of the molecule is CC(C)(C)OC(=O)N1CCCC(NCc2ccno2)C1. The lowest BCUT2D eigenvalue weighted by Crippen LogP contribution is -2.49. The van der Waals surface area contributed by atoms with Gasteiger partial charge in [-0.25, -0.2) is 4.79 Å². The number of ether oxygens (including phenoxy) is 1. The summed E-state index contributed by atoms with van der Waals surface area (Å²) in [5, 5.41) is 7.06. The van der Waals surface area contributed by atoms with Crippen molar-refractivity contribution in [2.75, 3.05) is 13.1 Å². The molecule has 1 aliphatic rings. The molecule has 1 aromatic rings. The summed E-state index contributed by atoms with van der Waals surface area (Å²) < 4.78 is 10.5. The Morgan fingerprint density at radius 1 is 1.60 bits per heavy atom. The molecule has 0 aromatic carbocycles. The van der Waals surface area contributed by atoms with Crippen molar-refractivity contribution in [1.82, 2.24) is 15.4 Å². The van der Waals surface area contributed by atoms with E-state index >= 15 is 0 Å². The van der Waals surface area contributed by atoms with Crippen LogP contribution in [0.5, 0.6) is 0 Å². The van der Waals surface area contributed by atoms with E-state index in [1.54, 1.807) is 11.1 Å². The van der Waals surface area contributed by atoms with Gasteiger partial charge in [-0.2, -0.15) is 0 Å². The van der Waals surface area contributed by atoms with Crippen LogP contribution in [0.3, 0.4) is 0 Å². The van der Waals surface area contributed by atoms with Gasteiger partial charge >= 0.3 is 6.09 Å². The molecular formula is C14H23N3O3. The van der Waals surface area contributed by atoms with Crippen LogP contribution in [0, 0.1) is 0 Å². The van der Waals surface area contributed by atoms with Crippen LogP contribution in [0.25, 0.3) is 0 Å². The van der Waals surface area contributed by atoms with E-state index in [0.717, 1.165) is 25.1 Å². The molecule has 6 heteroatoms. The molecule has 1 fully saturated rings. The number of rotatable bonds is 3. The van der Waals surface area contributed by atoms with Gasteiger partial charge in [0.25, 0.3) is 0 Å². The van der Waals surface area contributed by atoms with Crippen LogP contribution in [-0.4, -0.2) is 40.9 Å². The molecule has 0 spiro atoms. The summed E-state index contributed by atoms with van der Waals surface area (Å²) in [5.74, 6) is 0.805. The van der Waals surface area contributed by atoms with Crippen molar-refractivity contribution in [3.63, 3.8) is 0 Å². The van der Waals surface area contributed by atoms with E-state index in [9.17, 15) is 4.79 Å². The fraction of sp³-hybridized carbons (Fsp3) is 0.714. The quantitative estimate of drug-likeness (QED) is 0.919. The number of carbonyl (C=O) groups excluding carboxylic acids is 1. The minimum absolute atomic E-state index is 0.233.